The molecule has 0 bridgehead atoms. The maximum Gasteiger partial charge on any atom is 0.143 e. The van der Waals surface area contributed by atoms with Gasteiger partial charge in [-0.25, -0.2) is 0 Å². The monoisotopic (exact) mass is 156 g/mol. The molecule has 1 heterocycles. The topological polar surface area (TPSA) is 47.6 Å². The van der Waals surface area contributed by atoms with Crippen LogP contribution < -0.4 is 5.73 Å². The summed E-state index contributed by atoms with van der Waals surface area (Å²) >= 11 is 0. The first-order valence-corrected chi connectivity index (χ1v) is 4.26. The van der Waals surface area contributed by atoms with Crippen molar-refractivity contribution in [3.63, 3.8) is 0 Å². The van der Waals surface area contributed by atoms with Crippen LogP contribution in [0.3, 0.4) is 0 Å². The first kappa shape index (κ1) is 8.37. The summed E-state index contributed by atoms with van der Waals surface area (Å²) in [5, 5.41) is 3.73. The molecule has 3 heteroatoms. The fourth-order valence-electron chi connectivity index (χ4n) is 1.48. The lowest BCUT2D eigenvalue weighted by Crippen LogP contribution is -2.21. The van der Waals surface area contributed by atoms with Crippen LogP contribution in [0.1, 0.15) is 33.1 Å². The van der Waals surface area contributed by atoms with Crippen molar-refractivity contribution in [3.05, 3.63) is 0 Å². The van der Waals surface area contributed by atoms with E-state index < -0.39 is 0 Å². The quantitative estimate of drug-likeness (QED) is 0.672. The van der Waals surface area contributed by atoms with Crippen LogP contribution in [0.5, 0.6) is 0 Å². The molecule has 0 aliphatic carbocycles. The molecule has 0 saturated heterocycles. The summed E-state index contributed by atoms with van der Waals surface area (Å²) in [6, 6.07) is 0. The van der Waals surface area contributed by atoms with Crippen molar-refractivity contribution in [1.82, 2.24) is 0 Å². The standard InChI is InChI=1S/C8H16N2O/c1-3-6(4-2)7-5-8(9)10-11-7/h6-7H,3-5H2,1-2H3,(H2,9,10). The van der Waals surface area contributed by atoms with Gasteiger partial charge in [0.2, 0.25) is 0 Å². The maximum atomic E-state index is 5.50. The predicted molar refractivity (Wildman–Crippen MR) is 45.2 cm³/mol. The molecule has 0 aromatic carbocycles. The highest BCUT2D eigenvalue weighted by molar-refractivity contribution is 5.81. The van der Waals surface area contributed by atoms with Crippen molar-refractivity contribution < 1.29 is 4.84 Å². The third kappa shape index (κ3) is 1.85. The molecule has 1 aliphatic heterocycles. The molecule has 1 atom stereocenters. The van der Waals surface area contributed by atoms with Crippen LogP contribution in [0, 0.1) is 5.92 Å². The zero-order valence-electron chi connectivity index (χ0n) is 7.21. The molecule has 11 heavy (non-hydrogen) atoms. The molecular weight excluding hydrogens is 140 g/mol. The lowest BCUT2D eigenvalue weighted by Gasteiger charge is -2.17. The SMILES string of the molecule is CCC(CC)C1CC(N)=NO1. The summed E-state index contributed by atoms with van der Waals surface area (Å²) in [6.45, 7) is 4.35. The Bertz CT molecular complexity index is 152. The van der Waals surface area contributed by atoms with E-state index in [0.717, 1.165) is 19.3 Å². The number of amidine groups is 1. The van der Waals surface area contributed by atoms with Crippen molar-refractivity contribution in [1.29, 1.82) is 0 Å². The van der Waals surface area contributed by atoms with Gasteiger partial charge in [0, 0.05) is 6.42 Å². The van der Waals surface area contributed by atoms with Gasteiger partial charge in [0.25, 0.3) is 0 Å². The molecule has 2 N–H and O–H groups in total. The summed E-state index contributed by atoms with van der Waals surface area (Å²) < 4.78 is 0. The Balaban J connectivity index is 2.38. The zero-order chi connectivity index (χ0) is 8.27. The number of nitrogens with zero attached hydrogens (tertiary/aromatic N) is 1. The number of nitrogens with two attached hydrogens (primary N) is 1. The van der Waals surface area contributed by atoms with E-state index in [2.05, 4.69) is 19.0 Å². The van der Waals surface area contributed by atoms with Crippen LogP contribution in [0.4, 0.5) is 0 Å². The van der Waals surface area contributed by atoms with Gasteiger partial charge in [0.05, 0.1) is 0 Å². The molecule has 0 aromatic heterocycles. The van der Waals surface area contributed by atoms with E-state index in [-0.39, 0.29) is 6.10 Å². The summed E-state index contributed by atoms with van der Waals surface area (Å²) in [5.41, 5.74) is 5.50. The van der Waals surface area contributed by atoms with Gasteiger partial charge in [0.1, 0.15) is 11.9 Å². The Kier molecular flexibility index (Phi) is 2.74. The Morgan fingerprint density at radius 3 is 2.64 bits per heavy atom. The highest BCUT2D eigenvalue weighted by Gasteiger charge is 2.25. The zero-order valence-corrected chi connectivity index (χ0v) is 7.21. The fraction of sp³-hybridized carbons (Fsp3) is 0.875. The molecule has 64 valence electrons. The van der Waals surface area contributed by atoms with Gasteiger partial charge in [-0.15, -0.1) is 0 Å². The highest BCUT2D eigenvalue weighted by Crippen LogP contribution is 2.22. The normalized spacial score (nSPS) is 23.5. The summed E-state index contributed by atoms with van der Waals surface area (Å²) in [7, 11) is 0. The number of oxime groups is 1. The lowest BCUT2D eigenvalue weighted by molar-refractivity contribution is 0.0374. The third-order valence-electron chi connectivity index (χ3n) is 2.29. The highest BCUT2D eigenvalue weighted by atomic mass is 16.6. The van der Waals surface area contributed by atoms with Gasteiger partial charge in [-0.1, -0.05) is 19.0 Å². The average Bonchev–Trinajstić information content (AvgIpc) is 2.39. The van der Waals surface area contributed by atoms with Crippen molar-refractivity contribution >= 4 is 5.84 Å². The van der Waals surface area contributed by atoms with Crippen LogP contribution in [-0.2, 0) is 4.84 Å². The van der Waals surface area contributed by atoms with E-state index in [1.54, 1.807) is 0 Å². The third-order valence-corrected chi connectivity index (χ3v) is 2.29. The molecule has 0 amide bonds. The summed E-state index contributed by atoms with van der Waals surface area (Å²) in [6.07, 6.45) is 3.34. The second kappa shape index (κ2) is 3.60. The van der Waals surface area contributed by atoms with Crippen molar-refractivity contribution in [3.8, 4) is 0 Å². The molecule has 0 radical (unpaired) electrons. The van der Waals surface area contributed by atoms with Crippen LogP contribution in [0.25, 0.3) is 0 Å². The second-order valence-corrected chi connectivity index (χ2v) is 3.01. The van der Waals surface area contributed by atoms with Gasteiger partial charge in [-0.2, -0.15) is 0 Å². The van der Waals surface area contributed by atoms with Gasteiger partial charge in [0.15, 0.2) is 0 Å². The van der Waals surface area contributed by atoms with E-state index in [1.807, 2.05) is 0 Å². The number of hydrogen-bond acceptors (Lipinski definition) is 3. The Morgan fingerprint density at radius 2 is 2.27 bits per heavy atom. The van der Waals surface area contributed by atoms with E-state index in [4.69, 9.17) is 10.6 Å². The van der Waals surface area contributed by atoms with E-state index in [0.29, 0.717) is 11.8 Å². The Morgan fingerprint density at radius 1 is 1.64 bits per heavy atom. The molecule has 0 saturated carbocycles. The van der Waals surface area contributed by atoms with Gasteiger partial charge in [-0.3, -0.25) is 0 Å². The minimum absolute atomic E-state index is 0.241. The van der Waals surface area contributed by atoms with Crippen molar-refractivity contribution in [2.45, 2.75) is 39.2 Å². The first-order chi connectivity index (χ1) is 5.27. The molecule has 1 unspecified atom stereocenters. The molecular formula is C8H16N2O. The van der Waals surface area contributed by atoms with E-state index in [9.17, 15) is 0 Å². The molecule has 1 rings (SSSR count). The van der Waals surface area contributed by atoms with Gasteiger partial charge >= 0.3 is 0 Å². The van der Waals surface area contributed by atoms with Crippen molar-refractivity contribution in [2.75, 3.05) is 0 Å². The Labute approximate surface area is 67.6 Å². The minimum atomic E-state index is 0.241. The van der Waals surface area contributed by atoms with Crippen LogP contribution in [0.15, 0.2) is 5.16 Å². The summed E-state index contributed by atoms with van der Waals surface area (Å²) in [5.74, 6) is 1.25. The molecule has 0 aromatic rings. The van der Waals surface area contributed by atoms with Crippen LogP contribution in [0.2, 0.25) is 0 Å². The van der Waals surface area contributed by atoms with Crippen LogP contribution in [-0.4, -0.2) is 11.9 Å². The first-order valence-electron chi connectivity index (χ1n) is 4.26. The number of rotatable bonds is 3. The fourth-order valence-corrected chi connectivity index (χ4v) is 1.48. The van der Waals surface area contributed by atoms with E-state index in [1.165, 1.54) is 0 Å². The maximum absolute atomic E-state index is 5.50. The molecule has 1 aliphatic rings. The van der Waals surface area contributed by atoms with Gasteiger partial charge in [-0.05, 0) is 18.8 Å². The average molecular weight is 156 g/mol. The molecule has 3 nitrogen and oxygen atoms in total. The molecule has 0 fully saturated rings. The van der Waals surface area contributed by atoms with Crippen LogP contribution >= 0.6 is 0 Å². The summed E-state index contributed by atoms with van der Waals surface area (Å²) in [4.78, 5) is 5.17. The van der Waals surface area contributed by atoms with E-state index >= 15 is 0 Å². The minimum Gasteiger partial charge on any atom is -0.390 e. The largest absolute Gasteiger partial charge is 0.390 e. The molecule has 0 spiro atoms. The second-order valence-electron chi connectivity index (χ2n) is 3.01. The number of hydrogen-bond donors (Lipinski definition) is 1. The smallest absolute Gasteiger partial charge is 0.143 e. The van der Waals surface area contributed by atoms with Gasteiger partial charge < -0.3 is 10.6 Å². The predicted octanol–water partition coefficient (Wildman–Crippen LogP) is 1.48. The lowest BCUT2D eigenvalue weighted by atomic mass is 9.94. The Hall–Kier alpha value is -0.730. The van der Waals surface area contributed by atoms with Crippen molar-refractivity contribution in [2.24, 2.45) is 16.8 Å².